The molecule has 0 saturated carbocycles. The molecule has 2 aromatic rings. The van der Waals surface area contributed by atoms with Gasteiger partial charge in [0.15, 0.2) is 5.96 Å². The Labute approximate surface area is 142 Å². The molecule has 0 radical (unpaired) electrons. The van der Waals surface area contributed by atoms with E-state index in [-0.39, 0.29) is 0 Å². The fraction of sp³-hybridized carbons (Fsp3) is 0.389. The second kappa shape index (κ2) is 7.77. The monoisotopic (exact) mass is 328 g/mol. The van der Waals surface area contributed by atoms with Crippen LogP contribution < -0.4 is 15.0 Å². The molecular weight excluding hydrogens is 304 g/mol. The second-order valence-corrected chi connectivity index (χ2v) is 5.65. The van der Waals surface area contributed by atoms with Crippen molar-refractivity contribution in [1.82, 2.24) is 10.2 Å². The lowest BCUT2D eigenvalue weighted by molar-refractivity contribution is 0.369. The highest BCUT2D eigenvalue weighted by molar-refractivity contribution is 5.80. The Morgan fingerprint density at radius 3 is 2.50 bits per heavy atom. The van der Waals surface area contributed by atoms with Crippen LogP contribution in [0.1, 0.15) is 5.76 Å². The summed E-state index contributed by atoms with van der Waals surface area (Å²) in [4.78, 5) is 9.05. The van der Waals surface area contributed by atoms with Crippen molar-refractivity contribution < 1.29 is 9.15 Å². The molecule has 6 nitrogen and oxygen atoms in total. The molecule has 1 aromatic heterocycles. The van der Waals surface area contributed by atoms with Gasteiger partial charge in [0.25, 0.3) is 0 Å². The molecule has 3 rings (SSSR count). The summed E-state index contributed by atoms with van der Waals surface area (Å²) in [5.41, 5.74) is 1.23. The fourth-order valence-electron chi connectivity index (χ4n) is 2.88. The van der Waals surface area contributed by atoms with Crippen LogP contribution in [0, 0.1) is 0 Å². The van der Waals surface area contributed by atoms with Gasteiger partial charge in [-0.25, -0.2) is 0 Å². The molecule has 0 amide bonds. The number of guanidine groups is 1. The molecule has 1 N–H and O–H groups in total. The molecule has 6 heteroatoms. The highest BCUT2D eigenvalue weighted by atomic mass is 16.5. The van der Waals surface area contributed by atoms with Crippen LogP contribution in [-0.2, 0) is 6.54 Å². The minimum atomic E-state index is 0.651. The molecule has 0 atom stereocenters. The zero-order valence-electron chi connectivity index (χ0n) is 14.2. The summed E-state index contributed by atoms with van der Waals surface area (Å²) in [6.07, 6.45) is 1.69. The molecule has 0 aliphatic carbocycles. The van der Waals surface area contributed by atoms with Crippen molar-refractivity contribution in [2.24, 2.45) is 4.99 Å². The Morgan fingerprint density at radius 2 is 1.92 bits per heavy atom. The molecule has 1 aliphatic rings. The average Bonchev–Trinajstić information content (AvgIpc) is 3.16. The van der Waals surface area contributed by atoms with Crippen molar-refractivity contribution in [2.45, 2.75) is 6.54 Å². The van der Waals surface area contributed by atoms with Crippen LogP contribution in [0.25, 0.3) is 0 Å². The van der Waals surface area contributed by atoms with Gasteiger partial charge in [-0.15, -0.1) is 0 Å². The normalized spacial score (nSPS) is 15.5. The molecule has 24 heavy (non-hydrogen) atoms. The van der Waals surface area contributed by atoms with Crippen molar-refractivity contribution in [3.8, 4) is 5.75 Å². The van der Waals surface area contributed by atoms with Crippen LogP contribution in [0.2, 0.25) is 0 Å². The fourth-order valence-corrected chi connectivity index (χ4v) is 2.88. The molecular formula is C18H24N4O2. The first kappa shape index (κ1) is 16.2. The van der Waals surface area contributed by atoms with Crippen molar-refractivity contribution in [3.63, 3.8) is 0 Å². The lowest BCUT2D eigenvalue weighted by atomic mass is 10.2. The number of ether oxygens (including phenoxy) is 1. The first-order valence-electron chi connectivity index (χ1n) is 8.17. The number of anilines is 1. The van der Waals surface area contributed by atoms with Crippen LogP contribution >= 0.6 is 0 Å². The van der Waals surface area contributed by atoms with E-state index in [9.17, 15) is 0 Å². The van der Waals surface area contributed by atoms with Crippen LogP contribution in [-0.4, -0.2) is 51.2 Å². The van der Waals surface area contributed by atoms with E-state index < -0.39 is 0 Å². The van der Waals surface area contributed by atoms with Gasteiger partial charge in [0.05, 0.1) is 19.9 Å². The van der Waals surface area contributed by atoms with Crippen LogP contribution in [0.5, 0.6) is 5.75 Å². The maximum absolute atomic E-state index is 5.36. The van der Waals surface area contributed by atoms with Gasteiger partial charge < -0.3 is 24.3 Å². The predicted molar refractivity (Wildman–Crippen MR) is 95.7 cm³/mol. The van der Waals surface area contributed by atoms with Gasteiger partial charge in [-0.3, -0.25) is 4.99 Å². The van der Waals surface area contributed by atoms with E-state index >= 15 is 0 Å². The van der Waals surface area contributed by atoms with Gasteiger partial charge in [-0.05, 0) is 36.4 Å². The van der Waals surface area contributed by atoms with Crippen molar-refractivity contribution >= 4 is 11.6 Å². The van der Waals surface area contributed by atoms with Crippen molar-refractivity contribution in [3.05, 3.63) is 48.4 Å². The molecule has 1 aromatic carbocycles. The van der Waals surface area contributed by atoms with Crippen LogP contribution in [0.4, 0.5) is 5.69 Å². The number of benzene rings is 1. The van der Waals surface area contributed by atoms with E-state index in [0.717, 1.165) is 43.6 Å². The Kier molecular flexibility index (Phi) is 5.25. The number of nitrogens with zero attached hydrogens (tertiary/aromatic N) is 3. The van der Waals surface area contributed by atoms with E-state index in [1.165, 1.54) is 5.69 Å². The minimum Gasteiger partial charge on any atom is -0.497 e. The van der Waals surface area contributed by atoms with Crippen molar-refractivity contribution in [1.29, 1.82) is 0 Å². The number of hydrogen-bond acceptors (Lipinski definition) is 4. The van der Waals surface area contributed by atoms with Gasteiger partial charge in [0.2, 0.25) is 0 Å². The number of rotatable bonds is 4. The zero-order chi connectivity index (χ0) is 16.8. The third kappa shape index (κ3) is 3.82. The Bertz CT molecular complexity index is 644. The van der Waals surface area contributed by atoms with Gasteiger partial charge >= 0.3 is 0 Å². The van der Waals surface area contributed by atoms with E-state index in [0.29, 0.717) is 6.54 Å². The summed E-state index contributed by atoms with van der Waals surface area (Å²) in [6.45, 7) is 4.45. The maximum Gasteiger partial charge on any atom is 0.194 e. The zero-order valence-corrected chi connectivity index (χ0v) is 14.2. The van der Waals surface area contributed by atoms with Gasteiger partial charge in [-0.2, -0.15) is 0 Å². The quantitative estimate of drug-likeness (QED) is 0.689. The highest BCUT2D eigenvalue weighted by Crippen LogP contribution is 2.20. The van der Waals surface area contributed by atoms with Gasteiger partial charge in [-0.1, -0.05) is 0 Å². The molecule has 0 spiro atoms. The standard InChI is InChI=1S/C18H24N4O2/c1-19-18(20-14-17-4-3-13-24-17)22-11-9-21(10-12-22)15-5-7-16(23-2)8-6-15/h3-8,13H,9-12,14H2,1-2H3,(H,19,20). The summed E-state index contributed by atoms with van der Waals surface area (Å²) in [5, 5.41) is 3.36. The summed E-state index contributed by atoms with van der Waals surface area (Å²) in [7, 11) is 3.51. The second-order valence-electron chi connectivity index (χ2n) is 5.65. The van der Waals surface area contributed by atoms with E-state index in [4.69, 9.17) is 9.15 Å². The van der Waals surface area contributed by atoms with Gasteiger partial charge in [0.1, 0.15) is 11.5 Å². The van der Waals surface area contributed by atoms with Gasteiger partial charge in [0, 0.05) is 38.9 Å². The third-order valence-corrected chi connectivity index (χ3v) is 4.23. The first-order valence-corrected chi connectivity index (χ1v) is 8.17. The lowest BCUT2D eigenvalue weighted by Gasteiger charge is -2.37. The maximum atomic E-state index is 5.36. The van der Waals surface area contributed by atoms with Crippen LogP contribution in [0.15, 0.2) is 52.1 Å². The van der Waals surface area contributed by atoms with E-state index in [1.54, 1.807) is 13.4 Å². The number of methoxy groups -OCH3 is 1. The Morgan fingerprint density at radius 1 is 1.17 bits per heavy atom. The smallest absolute Gasteiger partial charge is 0.194 e. The molecule has 2 heterocycles. The molecule has 1 fully saturated rings. The number of aliphatic imine (C=N–C) groups is 1. The Hall–Kier alpha value is -2.63. The molecule has 1 aliphatic heterocycles. The number of piperazine rings is 1. The number of furan rings is 1. The molecule has 128 valence electrons. The van der Waals surface area contributed by atoms with E-state index in [1.807, 2.05) is 31.3 Å². The Balaban J connectivity index is 1.53. The summed E-state index contributed by atoms with van der Waals surface area (Å²) >= 11 is 0. The summed E-state index contributed by atoms with van der Waals surface area (Å²) < 4.78 is 10.6. The number of hydrogen-bond donors (Lipinski definition) is 1. The lowest BCUT2D eigenvalue weighted by Crippen LogP contribution is -2.52. The summed E-state index contributed by atoms with van der Waals surface area (Å²) in [6, 6.07) is 12.1. The highest BCUT2D eigenvalue weighted by Gasteiger charge is 2.19. The topological polar surface area (TPSA) is 53.2 Å². The first-order chi connectivity index (χ1) is 11.8. The SMILES string of the molecule is CN=C(NCc1ccco1)N1CCN(c2ccc(OC)cc2)CC1. The van der Waals surface area contributed by atoms with E-state index in [2.05, 4.69) is 32.2 Å². The molecule has 0 bridgehead atoms. The third-order valence-electron chi connectivity index (χ3n) is 4.23. The predicted octanol–water partition coefficient (Wildman–Crippen LogP) is 2.19. The molecule has 0 unspecified atom stereocenters. The largest absolute Gasteiger partial charge is 0.497 e. The summed E-state index contributed by atoms with van der Waals surface area (Å²) in [5.74, 6) is 2.72. The average molecular weight is 328 g/mol. The van der Waals surface area contributed by atoms with Crippen molar-refractivity contribution in [2.75, 3.05) is 45.2 Å². The number of nitrogens with one attached hydrogen (secondary N) is 1. The molecule has 1 saturated heterocycles. The minimum absolute atomic E-state index is 0.651. The van der Waals surface area contributed by atoms with Crippen LogP contribution in [0.3, 0.4) is 0 Å².